The van der Waals surface area contributed by atoms with Gasteiger partial charge in [-0.3, -0.25) is 0 Å². The Kier molecular flexibility index (Phi) is 5.25. The van der Waals surface area contributed by atoms with Gasteiger partial charge in [0, 0.05) is 11.7 Å². The second-order valence-corrected chi connectivity index (χ2v) is 5.26. The summed E-state index contributed by atoms with van der Waals surface area (Å²) in [6, 6.07) is 8.12. The van der Waals surface area contributed by atoms with Gasteiger partial charge in [0.1, 0.15) is 0 Å². The van der Waals surface area contributed by atoms with E-state index in [2.05, 4.69) is 5.32 Å². The maximum Gasteiger partial charge on any atom is 0.337 e. The Balaban J connectivity index is 1.99. The zero-order chi connectivity index (χ0) is 13.5. The second kappa shape index (κ2) is 7.17. The van der Waals surface area contributed by atoms with Crippen LogP contribution < -0.4 is 5.32 Å². The summed E-state index contributed by atoms with van der Waals surface area (Å²) in [6.07, 6.45) is 9.12. The number of hydrogen-bond acceptors (Lipinski definition) is 3. The highest BCUT2D eigenvalue weighted by atomic mass is 16.5. The molecule has 0 aliphatic heterocycles. The van der Waals surface area contributed by atoms with Crippen LogP contribution >= 0.6 is 0 Å². The molecule has 1 fully saturated rings. The third-order valence-corrected chi connectivity index (χ3v) is 3.76. The van der Waals surface area contributed by atoms with Gasteiger partial charge in [0.25, 0.3) is 0 Å². The smallest absolute Gasteiger partial charge is 0.337 e. The van der Waals surface area contributed by atoms with E-state index in [-0.39, 0.29) is 5.97 Å². The maximum absolute atomic E-state index is 11.5. The number of carbonyl (C=O) groups is 1. The van der Waals surface area contributed by atoms with Gasteiger partial charge in [-0.25, -0.2) is 4.79 Å². The number of carbonyl (C=O) groups excluding carboxylic acids is 1. The molecule has 1 aliphatic rings. The molecule has 104 valence electrons. The molecule has 1 aromatic carbocycles. The largest absolute Gasteiger partial charge is 0.465 e. The highest BCUT2D eigenvalue weighted by Gasteiger charge is 2.12. The molecule has 3 nitrogen and oxygen atoms in total. The van der Waals surface area contributed by atoms with E-state index in [0.29, 0.717) is 11.6 Å². The Morgan fingerprint density at radius 2 is 1.84 bits per heavy atom. The minimum Gasteiger partial charge on any atom is -0.465 e. The van der Waals surface area contributed by atoms with Crippen LogP contribution in [0, 0.1) is 0 Å². The van der Waals surface area contributed by atoms with Crippen molar-refractivity contribution in [2.75, 3.05) is 12.4 Å². The summed E-state index contributed by atoms with van der Waals surface area (Å²) in [7, 11) is 1.41. The first-order valence-electron chi connectivity index (χ1n) is 7.24. The molecule has 19 heavy (non-hydrogen) atoms. The van der Waals surface area contributed by atoms with E-state index in [1.165, 1.54) is 52.1 Å². The Labute approximate surface area is 115 Å². The van der Waals surface area contributed by atoms with E-state index in [9.17, 15) is 4.79 Å². The molecule has 0 unspecified atom stereocenters. The van der Waals surface area contributed by atoms with E-state index in [0.717, 1.165) is 5.69 Å². The second-order valence-electron chi connectivity index (χ2n) is 5.26. The van der Waals surface area contributed by atoms with Crippen molar-refractivity contribution < 1.29 is 9.53 Å². The Bertz CT molecular complexity index is 409. The third kappa shape index (κ3) is 4.27. The lowest BCUT2D eigenvalue weighted by Gasteiger charge is -2.22. The normalized spacial score (nSPS) is 17.3. The van der Waals surface area contributed by atoms with Gasteiger partial charge >= 0.3 is 5.97 Å². The minimum atomic E-state index is -0.277. The van der Waals surface area contributed by atoms with Crippen LogP contribution in [0.15, 0.2) is 24.3 Å². The summed E-state index contributed by atoms with van der Waals surface area (Å²) in [6.45, 7) is 0. The van der Waals surface area contributed by atoms with Crippen LogP contribution in [0.2, 0.25) is 0 Å². The molecule has 0 amide bonds. The average Bonchev–Trinajstić information content (AvgIpc) is 2.41. The van der Waals surface area contributed by atoms with E-state index < -0.39 is 0 Å². The zero-order valence-electron chi connectivity index (χ0n) is 11.7. The van der Waals surface area contributed by atoms with Gasteiger partial charge in [0.05, 0.1) is 12.7 Å². The predicted molar refractivity (Wildman–Crippen MR) is 77.5 cm³/mol. The molecule has 0 heterocycles. The van der Waals surface area contributed by atoms with Crippen LogP contribution in [0.25, 0.3) is 0 Å². The number of hydrogen-bond donors (Lipinski definition) is 1. The van der Waals surface area contributed by atoms with Crippen molar-refractivity contribution in [3.8, 4) is 0 Å². The SMILES string of the molecule is COC(=O)c1cccc(NC2CCCCCCC2)c1. The van der Waals surface area contributed by atoms with E-state index in [4.69, 9.17) is 4.74 Å². The number of benzene rings is 1. The summed E-state index contributed by atoms with van der Waals surface area (Å²) in [5, 5.41) is 3.56. The first-order chi connectivity index (χ1) is 9.29. The van der Waals surface area contributed by atoms with Gasteiger partial charge in [-0.2, -0.15) is 0 Å². The monoisotopic (exact) mass is 261 g/mol. The van der Waals surface area contributed by atoms with E-state index in [1.807, 2.05) is 18.2 Å². The number of ether oxygens (including phenoxy) is 1. The molecule has 0 spiro atoms. The highest BCUT2D eigenvalue weighted by Crippen LogP contribution is 2.21. The van der Waals surface area contributed by atoms with Crippen LogP contribution in [0.5, 0.6) is 0 Å². The quantitative estimate of drug-likeness (QED) is 0.836. The van der Waals surface area contributed by atoms with Gasteiger partial charge in [0.2, 0.25) is 0 Å². The zero-order valence-corrected chi connectivity index (χ0v) is 11.7. The number of anilines is 1. The van der Waals surface area contributed by atoms with Crippen LogP contribution in [0.1, 0.15) is 55.3 Å². The van der Waals surface area contributed by atoms with Crippen LogP contribution in [0.4, 0.5) is 5.69 Å². The molecule has 3 heteroatoms. The Morgan fingerprint density at radius 3 is 2.53 bits per heavy atom. The molecule has 2 rings (SSSR count). The number of nitrogens with one attached hydrogen (secondary N) is 1. The lowest BCUT2D eigenvalue weighted by atomic mass is 9.96. The van der Waals surface area contributed by atoms with Crippen LogP contribution in [-0.2, 0) is 4.74 Å². The molecule has 1 aliphatic carbocycles. The van der Waals surface area contributed by atoms with Crippen molar-refractivity contribution in [1.29, 1.82) is 0 Å². The van der Waals surface area contributed by atoms with Gasteiger partial charge in [-0.05, 0) is 31.0 Å². The molecule has 0 aromatic heterocycles. The van der Waals surface area contributed by atoms with Crippen molar-refractivity contribution in [1.82, 2.24) is 0 Å². The van der Waals surface area contributed by atoms with Gasteiger partial charge in [-0.1, -0.05) is 38.2 Å². The fraction of sp³-hybridized carbons (Fsp3) is 0.562. The fourth-order valence-corrected chi connectivity index (χ4v) is 2.69. The van der Waals surface area contributed by atoms with Gasteiger partial charge in [-0.15, -0.1) is 0 Å². The van der Waals surface area contributed by atoms with Gasteiger partial charge in [0.15, 0.2) is 0 Å². The molecule has 1 aromatic rings. The average molecular weight is 261 g/mol. The molecular formula is C16H23NO2. The Hall–Kier alpha value is -1.51. The third-order valence-electron chi connectivity index (χ3n) is 3.76. The number of rotatable bonds is 3. The highest BCUT2D eigenvalue weighted by molar-refractivity contribution is 5.90. The van der Waals surface area contributed by atoms with Crippen molar-refractivity contribution >= 4 is 11.7 Å². The first-order valence-corrected chi connectivity index (χ1v) is 7.24. The minimum absolute atomic E-state index is 0.277. The standard InChI is InChI=1S/C16H23NO2/c1-19-16(18)13-8-7-11-15(12-13)17-14-9-5-3-2-4-6-10-14/h7-8,11-12,14,17H,2-6,9-10H2,1H3. The van der Waals surface area contributed by atoms with Crippen molar-refractivity contribution in [2.45, 2.75) is 51.0 Å². The molecule has 0 radical (unpaired) electrons. The van der Waals surface area contributed by atoms with Crippen molar-refractivity contribution in [2.24, 2.45) is 0 Å². The summed E-state index contributed by atoms with van der Waals surface area (Å²) < 4.78 is 4.75. The Morgan fingerprint density at radius 1 is 1.16 bits per heavy atom. The molecular weight excluding hydrogens is 238 g/mol. The fourth-order valence-electron chi connectivity index (χ4n) is 2.69. The summed E-state index contributed by atoms with van der Waals surface area (Å²) >= 11 is 0. The first kappa shape index (κ1) is 13.9. The molecule has 1 saturated carbocycles. The molecule has 0 bridgehead atoms. The van der Waals surface area contributed by atoms with E-state index in [1.54, 1.807) is 6.07 Å². The molecule has 1 N–H and O–H groups in total. The number of esters is 1. The summed E-state index contributed by atoms with van der Waals surface area (Å²) in [4.78, 5) is 11.5. The van der Waals surface area contributed by atoms with Crippen LogP contribution in [0.3, 0.4) is 0 Å². The van der Waals surface area contributed by atoms with Gasteiger partial charge < -0.3 is 10.1 Å². The van der Waals surface area contributed by atoms with Crippen molar-refractivity contribution in [3.05, 3.63) is 29.8 Å². The van der Waals surface area contributed by atoms with E-state index >= 15 is 0 Å². The molecule has 0 atom stereocenters. The van der Waals surface area contributed by atoms with Crippen LogP contribution in [-0.4, -0.2) is 19.1 Å². The summed E-state index contributed by atoms with van der Waals surface area (Å²) in [5.74, 6) is -0.277. The summed E-state index contributed by atoms with van der Waals surface area (Å²) in [5.41, 5.74) is 1.63. The lowest BCUT2D eigenvalue weighted by molar-refractivity contribution is 0.0601. The lowest BCUT2D eigenvalue weighted by Crippen LogP contribution is -2.20. The molecule has 0 saturated heterocycles. The topological polar surface area (TPSA) is 38.3 Å². The number of methoxy groups -OCH3 is 1. The van der Waals surface area contributed by atoms with Crippen molar-refractivity contribution in [3.63, 3.8) is 0 Å². The predicted octanol–water partition coefficient (Wildman–Crippen LogP) is 4.00. The maximum atomic E-state index is 11.5.